The van der Waals surface area contributed by atoms with Crippen LogP contribution in [-0.2, 0) is 6.42 Å². The molecule has 0 bridgehead atoms. The van der Waals surface area contributed by atoms with E-state index in [1.54, 1.807) is 0 Å². The summed E-state index contributed by atoms with van der Waals surface area (Å²) in [6, 6.07) is 0. The van der Waals surface area contributed by atoms with Crippen molar-refractivity contribution in [2.75, 3.05) is 13.1 Å². The molecule has 3 rings (SSSR count). The van der Waals surface area contributed by atoms with Gasteiger partial charge in [0.2, 0.25) is 0 Å². The van der Waals surface area contributed by atoms with E-state index in [0.717, 1.165) is 30.5 Å². The smallest absolute Gasteiger partial charge is 0.197 e. The summed E-state index contributed by atoms with van der Waals surface area (Å²) < 4.78 is 5.58. The molecule has 0 radical (unpaired) electrons. The van der Waals surface area contributed by atoms with Crippen LogP contribution in [0.3, 0.4) is 0 Å². The monoisotopic (exact) mass is 220 g/mol. The van der Waals surface area contributed by atoms with Crippen molar-refractivity contribution in [3.8, 4) is 0 Å². The first-order valence-corrected chi connectivity index (χ1v) is 6.57. The highest BCUT2D eigenvalue weighted by Crippen LogP contribution is 2.35. The molecule has 3 heteroatoms. The first kappa shape index (κ1) is 10.3. The highest BCUT2D eigenvalue weighted by Gasteiger charge is 2.24. The largest absolute Gasteiger partial charge is 0.448 e. The average molecular weight is 220 g/mol. The second-order valence-corrected chi connectivity index (χ2v) is 5.22. The van der Waals surface area contributed by atoms with E-state index in [1.807, 2.05) is 6.26 Å². The van der Waals surface area contributed by atoms with Gasteiger partial charge >= 0.3 is 0 Å². The van der Waals surface area contributed by atoms with Gasteiger partial charge in [0, 0.05) is 5.92 Å². The molecule has 0 aromatic carbocycles. The van der Waals surface area contributed by atoms with Crippen molar-refractivity contribution >= 4 is 0 Å². The molecular weight excluding hydrogens is 200 g/mol. The molecule has 1 aromatic heterocycles. The van der Waals surface area contributed by atoms with E-state index in [9.17, 15) is 0 Å². The molecule has 1 unspecified atom stereocenters. The van der Waals surface area contributed by atoms with Gasteiger partial charge in [0.25, 0.3) is 0 Å². The maximum Gasteiger partial charge on any atom is 0.197 e. The van der Waals surface area contributed by atoms with Gasteiger partial charge in [-0.15, -0.1) is 0 Å². The van der Waals surface area contributed by atoms with Gasteiger partial charge in [-0.3, -0.25) is 0 Å². The number of nitrogens with one attached hydrogen (secondary N) is 1. The Balaban J connectivity index is 1.58. The first-order chi connectivity index (χ1) is 7.92. The Morgan fingerprint density at radius 3 is 2.94 bits per heavy atom. The topological polar surface area (TPSA) is 38.1 Å². The van der Waals surface area contributed by atoms with Gasteiger partial charge in [-0.1, -0.05) is 6.42 Å². The lowest BCUT2D eigenvalue weighted by Gasteiger charge is -2.22. The molecule has 0 amide bonds. The normalized spacial score (nSPS) is 26.6. The van der Waals surface area contributed by atoms with Crippen LogP contribution in [0.4, 0.5) is 0 Å². The second kappa shape index (κ2) is 4.58. The summed E-state index contributed by atoms with van der Waals surface area (Å²) >= 11 is 0. The molecule has 16 heavy (non-hydrogen) atoms. The number of aromatic nitrogens is 1. The summed E-state index contributed by atoms with van der Waals surface area (Å²) in [5, 5.41) is 3.45. The highest BCUT2D eigenvalue weighted by molar-refractivity contribution is 5.04. The maximum atomic E-state index is 5.58. The van der Waals surface area contributed by atoms with Gasteiger partial charge in [0.1, 0.15) is 6.26 Å². The molecule has 1 aromatic rings. The molecule has 88 valence electrons. The fourth-order valence-corrected chi connectivity index (χ4v) is 2.65. The predicted molar refractivity (Wildman–Crippen MR) is 62.4 cm³/mol. The molecule has 1 aliphatic heterocycles. The third kappa shape index (κ3) is 2.14. The summed E-state index contributed by atoms with van der Waals surface area (Å²) in [7, 11) is 0. The van der Waals surface area contributed by atoms with Crippen LogP contribution in [0.25, 0.3) is 0 Å². The van der Waals surface area contributed by atoms with E-state index in [-0.39, 0.29) is 0 Å². The number of rotatable bonds is 3. The summed E-state index contributed by atoms with van der Waals surface area (Å²) in [6.45, 7) is 2.33. The fourth-order valence-electron chi connectivity index (χ4n) is 2.65. The minimum atomic E-state index is 0.623. The van der Waals surface area contributed by atoms with Gasteiger partial charge in [0.05, 0.1) is 5.69 Å². The number of hydrogen-bond acceptors (Lipinski definition) is 3. The van der Waals surface area contributed by atoms with Crippen LogP contribution >= 0.6 is 0 Å². The van der Waals surface area contributed by atoms with Crippen LogP contribution in [0, 0.1) is 5.92 Å². The Morgan fingerprint density at radius 2 is 2.25 bits per heavy atom. The van der Waals surface area contributed by atoms with Gasteiger partial charge in [-0.2, -0.15) is 0 Å². The minimum Gasteiger partial charge on any atom is -0.448 e. The van der Waals surface area contributed by atoms with Crippen LogP contribution in [0.5, 0.6) is 0 Å². The van der Waals surface area contributed by atoms with Crippen molar-refractivity contribution in [3.05, 3.63) is 17.8 Å². The van der Waals surface area contributed by atoms with E-state index in [0.29, 0.717) is 5.92 Å². The molecule has 1 saturated carbocycles. The highest BCUT2D eigenvalue weighted by atomic mass is 16.3. The Kier molecular flexibility index (Phi) is 2.96. The first-order valence-electron chi connectivity index (χ1n) is 6.57. The van der Waals surface area contributed by atoms with E-state index < -0.39 is 0 Å². The van der Waals surface area contributed by atoms with Gasteiger partial charge in [-0.25, -0.2) is 4.98 Å². The molecule has 1 atom stereocenters. The fraction of sp³-hybridized carbons (Fsp3) is 0.769. The number of oxazole rings is 1. The Hall–Kier alpha value is -0.830. The maximum absolute atomic E-state index is 5.58. The van der Waals surface area contributed by atoms with Crippen molar-refractivity contribution in [1.29, 1.82) is 0 Å². The summed E-state index contributed by atoms with van der Waals surface area (Å²) in [6.07, 6.45) is 9.48. The molecule has 2 heterocycles. The Labute approximate surface area is 96.6 Å². The predicted octanol–water partition coefficient (Wildman–Crippen LogP) is 2.48. The van der Waals surface area contributed by atoms with Gasteiger partial charge < -0.3 is 9.73 Å². The molecular formula is C13H20N2O. The zero-order valence-electron chi connectivity index (χ0n) is 9.74. The molecule has 2 aliphatic rings. The molecule has 1 N–H and O–H groups in total. The summed E-state index contributed by atoms with van der Waals surface area (Å²) in [5.41, 5.74) is 1.16. The molecule has 2 fully saturated rings. The van der Waals surface area contributed by atoms with Crippen molar-refractivity contribution < 1.29 is 4.42 Å². The van der Waals surface area contributed by atoms with Crippen LogP contribution in [0.1, 0.15) is 49.6 Å². The lowest BCUT2D eigenvalue weighted by Crippen LogP contribution is -2.30. The molecule has 3 nitrogen and oxygen atoms in total. The van der Waals surface area contributed by atoms with E-state index in [1.165, 1.54) is 38.6 Å². The summed E-state index contributed by atoms with van der Waals surface area (Å²) in [4.78, 5) is 4.63. The van der Waals surface area contributed by atoms with E-state index in [2.05, 4.69) is 10.3 Å². The zero-order chi connectivity index (χ0) is 10.8. The average Bonchev–Trinajstić information content (AvgIpc) is 2.65. The van der Waals surface area contributed by atoms with Crippen LogP contribution in [0.2, 0.25) is 0 Å². The second-order valence-electron chi connectivity index (χ2n) is 5.22. The standard InChI is InChI=1S/C13H20N2O/c1-4-11(5-1)13-15-12(9-16-13)7-10-3-2-6-14-8-10/h9-11,14H,1-8H2. The van der Waals surface area contributed by atoms with E-state index >= 15 is 0 Å². The third-order valence-corrected chi connectivity index (χ3v) is 3.92. The molecule has 1 aliphatic carbocycles. The van der Waals surface area contributed by atoms with Gasteiger partial charge in [-0.05, 0) is 51.1 Å². The zero-order valence-corrected chi connectivity index (χ0v) is 9.74. The quantitative estimate of drug-likeness (QED) is 0.850. The lowest BCUT2D eigenvalue weighted by atomic mass is 9.85. The Morgan fingerprint density at radius 1 is 1.31 bits per heavy atom. The Bertz CT molecular complexity index is 337. The molecule has 0 spiro atoms. The van der Waals surface area contributed by atoms with Crippen molar-refractivity contribution in [2.45, 2.75) is 44.4 Å². The number of piperidine rings is 1. The van der Waals surface area contributed by atoms with E-state index in [4.69, 9.17) is 4.42 Å². The number of hydrogen-bond donors (Lipinski definition) is 1. The van der Waals surface area contributed by atoms with Crippen LogP contribution in [0.15, 0.2) is 10.7 Å². The number of nitrogens with zero attached hydrogens (tertiary/aromatic N) is 1. The van der Waals surface area contributed by atoms with Crippen LogP contribution < -0.4 is 5.32 Å². The van der Waals surface area contributed by atoms with Crippen molar-refractivity contribution in [1.82, 2.24) is 10.3 Å². The van der Waals surface area contributed by atoms with Gasteiger partial charge in [0.15, 0.2) is 5.89 Å². The minimum absolute atomic E-state index is 0.623. The lowest BCUT2D eigenvalue weighted by molar-refractivity contribution is 0.335. The third-order valence-electron chi connectivity index (χ3n) is 3.92. The SMILES string of the molecule is c1oc(C2CCC2)nc1CC1CCCNC1. The van der Waals surface area contributed by atoms with Crippen LogP contribution in [-0.4, -0.2) is 18.1 Å². The molecule has 1 saturated heterocycles. The van der Waals surface area contributed by atoms with Crippen molar-refractivity contribution in [3.63, 3.8) is 0 Å². The summed E-state index contributed by atoms with van der Waals surface area (Å²) in [5.74, 6) is 2.37. The van der Waals surface area contributed by atoms with Crippen molar-refractivity contribution in [2.24, 2.45) is 5.92 Å².